The fraction of sp³-hybridized carbons (Fsp3) is 0.304. The average molecular weight is 346 g/mol. The van der Waals surface area contributed by atoms with Gasteiger partial charge in [0.2, 0.25) is 0 Å². The third kappa shape index (κ3) is 4.55. The van der Waals surface area contributed by atoms with E-state index >= 15 is 0 Å². The molecule has 1 aliphatic heterocycles. The predicted molar refractivity (Wildman–Crippen MR) is 105 cm³/mol. The Bertz CT molecular complexity index is 785. The van der Waals surface area contributed by atoms with E-state index in [2.05, 4.69) is 82.5 Å². The lowest BCUT2D eigenvalue weighted by Crippen LogP contribution is -2.18. The van der Waals surface area contributed by atoms with Gasteiger partial charge in [-0.15, -0.1) is 0 Å². The maximum atomic E-state index is 5.94. The zero-order valence-electron chi connectivity index (χ0n) is 15.2. The first kappa shape index (κ1) is 16.9. The van der Waals surface area contributed by atoms with E-state index in [4.69, 9.17) is 4.74 Å². The predicted octanol–water partition coefficient (Wildman–Crippen LogP) is 4.71. The topological polar surface area (TPSA) is 17.4 Å². The van der Waals surface area contributed by atoms with Crippen LogP contribution in [0.3, 0.4) is 0 Å². The summed E-state index contributed by atoms with van der Waals surface area (Å²) in [6.45, 7) is 5.04. The second-order valence-corrected chi connectivity index (χ2v) is 7.09. The van der Waals surface area contributed by atoms with Gasteiger partial charge in [0.05, 0.1) is 0 Å². The minimum atomic E-state index is 0.606. The maximum Gasteiger partial charge on any atom is 0.119 e. The van der Waals surface area contributed by atoms with E-state index < -0.39 is 0 Å². The number of nitrogens with zero attached hydrogens (tertiary/aromatic N) is 2. The van der Waals surface area contributed by atoms with Gasteiger partial charge in [0.15, 0.2) is 0 Å². The first-order chi connectivity index (χ1) is 12.8. The average Bonchev–Trinajstić information content (AvgIpc) is 3.37. The Labute approximate surface area is 155 Å². The van der Waals surface area contributed by atoms with E-state index in [1.54, 1.807) is 0 Å². The number of hydrogen-bond acceptors (Lipinski definition) is 2. The Balaban J connectivity index is 1.28. The van der Waals surface area contributed by atoms with E-state index in [9.17, 15) is 0 Å². The molecule has 0 saturated carbocycles. The SMILES string of the molecule is c1ccn(Cc2ccc(COc3ccc(CN4CCCC4)cc3)cc2)c1. The Kier molecular flexibility index (Phi) is 5.36. The number of rotatable bonds is 7. The highest BCUT2D eigenvalue weighted by Crippen LogP contribution is 2.18. The van der Waals surface area contributed by atoms with Gasteiger partial charge in [-0.3, -0.25) is 4.90 Å². The molecular weight excluding hydrogens is 320 g/mol. The highest BCUT2D eigenvalue weighted by atomic mass is 16.5. The largest absolute Gasteiger partial charge is 0.489 e. The molecule has 1 fully saturated rings. The van der Waals surface area contributed by atoms with Gasteiger partial charge in [-0.2, -0.15) is 0 Å². The number of aromatic nitrogens is 1. The van der Waals surface area contributed by atoms with E-state index in [0.717, 1.165) is 18.8 Å². The van der Waals surface area contributed by atoms with Gasteiger partial charge in [-0.05, 0) is 66.9 Å². The number of hydrogen-bond donors (Lipinski definition) is 0. The van der Waals surface area contributed by atoms with Crippen molar-refractivity contribution in [3.8, 4) is 5.75 Å². The van der Waals surface area contributed by atoms with Crippen LogP contribution < -0.4 is 4.74 Å². The van der Waals surface area contributed by atoms with E-state index in [1.807, 2.05) is 0 Å². The van der Waals surface area contributed by atoms with Gasteiger partial charge >= 0.3 is 0 Å². The first-order valence-corrected chi connectivity index (χ1v) is 9.48. The molecule has 1 aromatic heterocycles. The van der Waals surface area contributed by atoms with Gasteiger partial charge in [0, 0.05) is 25.5 Å². The molecule has 3 nitrogen and oxygen atoms in total. The van der Waals surface area contributed by atoms with Crippen molar-refractivity contribution in [3.05, 3.63) is 89.7 Å². The summed E-state index contributed by atoms with van der Waals surface area (Å²) in [5, 5.41) is 0. The number of likely N-dealkylation sites (tertiary alicyclic amines) is 1. The highest BCUT2D eigenvalue weighted by Gasteiger charge is 2.11. The summed E-state index contributed by atoms with van der Waals surface area (Å²) in [5.41, 5.74) is 3.87. The second-order valence-electron chi connectivity index (χ2n) is 7.09. The van der Waals surface area contributed by atoms with Crippen molar-refractivity contribution >= 4 is 0 Å². The molecule has 1 saturated heterocycles. The standard InChI is InChI=1S/C23H26N2O/c1-2-14-24(13-1)17-20-5-7-22(8-6-20)19-26-23-11-9-21(10-12-23)18-25-15-3-4-16-25/h1-2,5-14H,3-4,15-19H2. The van der Waals surface area contributed by atoms with Crippen molar-refractivity contribution in [2.24, 2.45) is 0 Å². The highest BCUT2D eigenvalue weighted by molar-refractivity contribution is 5.28. The van der Waals surface area contributed by atoms with Crippen LogP contribution in [0.5, 0.6) is 5.75 Å². The van der Waals surface area contributed by atoms with Crippen molar-refractivity contribution in [1.82, 2.24) is 9.47 Å². The smallest absolute Gasteiger partial charge is 0.119 e. The fourth-order valence-corrected chi connectivity index (χ4v) is 3.48. The molecular formula is C23H26N2O. The van der Waals surface area contributed by atoms with Crippen molar-refractivity contribution in [3.63, 3.8) is 0 Å². The molecule has 3 aromatic rings. The minimum Gasteiger partial charge on any atom is -0.489 e. The van der Waals surface area contributed by atoms with Crippen LogP contribution in [-0.4, -0.2) is 22.6 Å². The van der Waals surface area contributed by atoms with E-state index in [0.29, 0.717) is 6.61 Å². The summed E-state index contributed by atoms with van der Waals surface area (Å²) in [6.07, 6.45) is 6.85. The van der Waals surface area contributed by atoms with Gasteiger partial charge in [-0.1, -0.05) is 36.4 Å². The van der Waals surface area contributed by atoms with Crippen molar-refractivity contribution < 1.29 is 4.74 Å². The zero-order valence-corrected chi connectivity index (χ0v) is 15.2. The molecule has 26 heavy (non-hydrogen) atoms. The minimum absolute atomic E-state index is 0.606. The molecule has 0 atom stereocenters. The first-order valence-electron chi connectivity index (χ1n) is 9.48. The second kappa shape index (κ2) is 8.24. The Morgan fingerprint density at radius 3 is 1.96 bits per heavy atom. The summed E-state index contributed by atoms with van der Waals surface area (Å²) >= 11 is 0. The van der Waals surface area contributed by atoms with Crippen LogP contribution in [0.25, 0.3) is 0 Å². The third-order valence-electron chi connectivity index (χ3n) is 4.99. The molecule has 0 unspecified atom stereocenters. The van der Waals surface area contributed by atoms with Crippen LogP contribution in [0.1, 0.15) is 29.5 Å². The monoisotopic (exact) mass is 346 g/mol. The lowest BCUT2D eigenvalue weighted by atomic mass is 10.1. The number of ether oxygens (including phenoxy) is 1. The molecule has 0 bridgehead atoms. The summed E-state index contributed by atoms with van der Waals surface area (Å²) in [4.78, 5) is 2.52. The van der Waals surface area contributed by atoms with Crippen LogP contribution >= 0.6 is 0 Å². The molecule has 0 amide bonds. The molecule has 4 rings (SSSR count). The van der Waals surface area contributed by atoms with Gasteiger partial charge in [0.25, 0.3) is 0 Å². The van der Waals surface area contributed by atoms with Gasteiger partial charge in [-0.25, -0.2) is 0 Å². The van der Waals surface area contributed by atoms with Crippen LogP contribution in [0.15, 0.2) is 73.1 Å². The maximum absolute atomic E-state index is 5.94. The molecule has 134 valence electrons. The lowest BCUT2D eigenvalue weighted by molar-refractivity contribution is 0.305. The Morgan fingerprint density at radius 2 is 1.27 bits per heavy atom. The van der Waals surface area contributed by atoms with E-state index in [1.165, 1.54) is 42.6 Å². The summed E-state index contributed by atoms with van der Waals surface area (Å²) in [7, 11) is 0. The van der Waals surface area contributed by atoms with Crippen molar-refractivity contribution in [2.45, 2.75) is 32.5 Å². The van der Waals surface area contributed by atoms with Crippen molar-refractivity contribution in [2.75, 3.05) is 13.1 Å². The van der Waals surface area contributed by atoms with Crippen molar-refractivity contribution in [1.29, 1.82) is 0 Å². The molecule has 0 radical (unpaired) electrons. The number of benzene rings is 2. The quantitative estimate of drug-likeness (QED) is 0.616. The van der Waals surface area contributed by atoms with E-state index in [-0.39, 0.29) is 0 Å². The Hall–Kier alpha value is -2.52. The third-order valence-corrected chi connectivity index (χ3v) is 4.99. The van der Waals surface area contributed by atoms with Gasteiger partial charge in [0.1, 0.15) is 12.4 Å². The molecule has 0 N–H and O–H groups in total. The normalized spacial score (nSPS) is 14.6. The molecule has 0 spiro atoms. The lowest BCUT2D eigenvalue weighted by Gasteiger charge is -2.15. The van der Waals surface area contributed by atoms with Crippen LogP contribution in [0.4, 0.5) is 0 Å². The summed E-state index contributed by atoms with van der Waals surface area (Å²) < 4.78 is 8.12. The molecule has 0 aliphatic carbocycles. The van der Waals surface area contributed by atoms with Crippen LogP contribution in [0, 0.1) is 0 Å². The summed E-state index contributed by atoms with van der Waals surface area (Å²) in [5.74, 6) is 0.937. The zero-order chi connectivity index (χ0) is 17.6. The van der Waals surface area contributed by atoms with Gasteiger partial charge < -0.3 is 9.30 Å². The molecule has 3 heteroatoms. The Morgan fingerprint density at radius 1 is 0.692 bits per heavy atom. The molecule has 1 aliphatic rings. The molecule has 2 aromatic carbocycles. The summed E-state index contributed by atoms with van der Waals surface area (Å²) in [6, 6.07) is 21.3. The van der Waals surface area contributed by atoms with Crippen LogP contribution in [-0.2, 0) is 19.7 Å². The fourth-order valence-electron chi connectivity index (χ4n) is 3.48. The molecule has 2 heterocycles. The van der Waals surface area contributed by atoms with Crippen LogP contribution in [0.2, 0.25) is 0 Å².